The third-order valence-corrected chi connectivity index (χ3v) is 2.31. The lowest BCUT2D eigenvalue weighted by Crippen LogP contribution is -2.06. The van der Waals surface area contributed by atoms with Gasteiger partial charge in [-0.15, -0.1) is 0 Å². The minimum atomic E-state index is 0.357. The molecule has 0 fully saturated rings. The van der Waals surface area contributed by atoms with E-state index in [1.54, 1.807) is 7.05 Å². The Balaban J connectivity index is 2.35. The maximum Gasteiger partial charge on any atom is 0.321 e. The highest BCUT2D eigenvalue weighted by molar-refractivity contribution is 5.56. The van der Waals surface area contributed by atoms with Crippen LogP contribution in [0.25, 0.3) is 11.4 Å². The van der Waals surface area contributed by atoms with Gasteiger partial charge in [0.2, 0.25) is 5.95 Å². The van der Waals surface area contributed by atoms with Crippen LogP contribution in [0.2, 0.25) is 0 Å². The summed E-state index contributed by atoms with van der Waals surface area (Å²) in [7, 11) is 1.77. The summed E-state index contributed by atoms with van der Waals surface area (Å²) in [6.45, 7) is 2.64. The highest BCUT2D eigenvalue weighted by Crippen LogP contribution is 2.18. The summed E-state index contributed by atoms with van der Waals surface area (Å²) in [4.78, 5) is 12.8. The van der Waals surface area contributed by atoms with Gasteiger partial charge >= 0.3 is 6.01 Å². The summed E-state index contributed by atoms with van der Waals surface area (Å²) in [6, 6.07) is 10.1. The van der Waals surface area contributed by atoms with Crippen LogP contribution >= 0.6 is 0 Å². The van der Waals surface area contributed by atoms with Crippen molar-refractivity contribution in [1.29, 1.82) is 0 Å². The monoisotopic (exact) mass is 244 g/mol. The van der Waals surface area contributed by atoms with Gasteiger partial charge < -0.3 is 10.1 Å². The Bertz CT molecular complexity index is 502. The normalized spacial score (nSPS) is 10.1. The quantitative estimate of drug-likeness (QED) is 0.875. The molecule has 2 aromatic rings. The zero-order valence-corrected chi connectivity index (χ0v) is 10.6. The molecule has 1 aromatic carbocycles. The second-order valence-corrected chi connectivity index (χ2v) is 3.73. The zero-order chi connectivity index (χ0) is 12.8. The summed E-state index contributed by atoms with van der Waals surface area (Å²) in [6.07, 6.45) is 0.918. The molecule has 0 unspecified atom stereocenters. The van der Waals surface area contributed by atoms with Crippen LogP contribution in [0.15, 0.2) is 30.3 Å². The van der Waals surface area contributed by atoms with Crippen molar-refractivity contribution < 1.29 is 4.74 Å². The second-order valence-electron chi connectivity index (χ2n) is 3.73. The Labute approximate surface area is 106 Å². The molecule has 94 valence electrons. The SMILES string of the molecule is CCCOc1nc(NC)nc(-c2ccccc2)n1. The molecule has 1 aromatic heterocycles. The van der Waals surface area contributed by atoms with Gasteiger partial charge in [0.1, 0.15) is 0 Å². The van der Waals surface area contributed by atoms with Gasteiger partial charge in [-0.25, -0.2) is 0 Å². The molecule has 0 saturated heterocycles. The molecule has 2 rings (SSSR count). The maximum absolute atomic E-state index is 5.46. The average Bonchev–Trinajstić information content (AvgIpc) is 2.45. The standard InChI is InChI=1S/C13H16N4O/c1-3-9-18-13-16-11(15-12(14-2)17-13)10-7-5-4-6-8-10/h4-8H,3,9H2,1-2H3,(H,14,15,16,17). The van der Waals surface area contributed by atoms with Crippen molar-refractivity contribution in [2.24, 2.45) is 0 Å². The van der Waals surface area contributed by atoms with Crippen LogP contribution in [0.3, 0.4) is 0 Å². The van der Waals surface area contributed by atoms with Gasteiger partial charge in [0, 0.05) is 12.6 Å². The van der Waals surface area contributed by atoms with E-state index in [0.717, 1.165) is 12.0 Å². The van der Waals surface area contributed by atoms with E-state index < -0.39 is 0 Å². The van der Waals surface area contributed by atoms with Crippen molar-refractivity contribution in [2.75, 3.05) is 19.0 Å². The van der Waals surface area contributed by atoms with Gasteiger partial charge in [-0.3, -0.25) is 0 Å². The number of hydrogen-bond donors (Lipinski definition) is 1. The Hall–Kier alpha value is -2.17. The Kier molecular flexibility index (Phi) is 4.06. The maximum atomic E-state index is 5.46. The number of ether oxygens (including phenoxy) is 1. The number of benzene rings is 1. The molecular formula is C13H16N4O. The summed E-state index contributed by atoms with van der Waals surface area (Å²) in [5.74, 6) is 1.12. The van der Waals surface area contributed by atoms with Crippen molar-refractivity contribution in [3.05, 3.63) is 30.3 Å². The molecule has 0 aliphatic rings. The average molecular weight is 244 g/mol. The third-order valence-electron chi connectivity index (χ3n) is 2.31. The van der Waals surface area contributed by atoms with E-state index in [9.17, 15) is 0 Å². The van der Waals surface area contributed by atoms with Crippen molar-refractivity contribution >= 4 is 5.95 Å². The van der Waals surface area contributed by atoms with E-state index in [4.69, 9.17) is 4.74 Å². The molecule has 0 amide bonds. The number of anilines is 1. The topological polar surface area (TPSA) is 59.9 Å². The Morgan fingerprint density at radius 1 is 1.11 bits per heavy atom. The van der Waals surface area contributed by atoms with E-state index in [-0.39, 0.29) is 0 Å². The van der Waals surface area contributed by atoms with Crippen molar-refractivity contribution in [1.82, 2.24) is 15.0 Å². The predicted molar refractivity (Wildman–Crippen MR) is 70.6 cm³/mol. The molecule has 0 bridgehead atoms. The smallest absolute Gasteiger partial charge is 0.321 e. The number of rotatable bonds is 5. The van der Waals surface area contributed by atoms with Gasteiger partial charge in [-0.1, -0.05) is 37.3 Å². The number of nitrogens with zero attached hydrogens (tertiary/aromatic N) is 3. The fraction of sp³-hybridized carbons (Fsp3) is 0.308. The Morgan fingerprint density at radius 2 is 1.89 bits per heavy atom. The summed E-state index contributed by atoms with van der Waals surface area (Å²) >= 11 is 0. The van der Waals surface area contributed by atoms with Crippen LogP contribution in [0.4, 0.5) is 5.95 Å². The predicted octanol–water partition coefficient (Wildman–Crippen LogP) is 2.37. The van der Waals surface area contributed by atoms with Gasteiger partial charge in [0.05, 0.1) is 6.61 Å². The fourth-order valence-electron chi connectivity index (χ4n) is 1.44. The first-order valence-corrected chi connectivity index (χ1v) is 5.95. The number of aromatic nitrogens is 3. The van der Waals surface area contributed by atoms with Crippen molar-refractivity contribution in [2.45, 2.75) is 13.3 Å². The molecule has 0 atom stereocenters. The summed E-state index contributed by atoms with van der Waals surface area (Å²) < 4.78 is 5.46. The highest BCUT2D eigenvalue weighted by atomic mass is 16.5. The minimum absolute atomic E-state index is 0.357. The van der Waals surface area contributed by atoms with E-state index in [0.29, 0.717) is 24.4 Å². The summed E-state index contributed by atoms with van der Waals surface area (Å²) in [5, 5.41) is 2.91. The highest BCUT2D eigenvalue weighted by Gasteiger charge is 2.08. The molecule has 0 saturated carbocycles. The first-order valence-electron chi connectivity index (χ1n) is 5.95. The molecule has 1 N–H and O–H groups in total. The largest absolute Gasteiger partial charge is 0.463 e. The van der Waals surface area contributed by atoms with Crippen LogP contribution in [0.1, 0.15) is 13.3 Å². The van der Waals surface area contributed by atoms with Crippen LogP contribution in [-0.4, -0.2) is 28.6 Å². The molecular weight excluding hydrogens is 228 g/mol. The van der Waals surface area contributed by atoms with E-state index in [1.165, 1.54) is 0 Å². The minimum Gasteiger partial charge on any atom is -0.463 e. The zero-order valence-electron chi connectivity index (χ0n) is 10.6. The lowest BCUT2D eigenvalue weighted by molar-refractivity contribution is 0.292. The van der Waals surface area contributed by atoms with Gasteiger partial charge in [0.25, 0.3) is 0 Å². The lowest BCUT2D eigenvalue weighted by Gasteiger charge is -2.07. The van der Waals surface area contributed by atoms with Gasteiger partial charge in [-0.05, 0) is 6.42 Å². The fourth-order valence-corrected chi connectivity index (χ4v) is 1.44. The van der Waals surface area contributed by atoms with Crippen molar-refractivity contribution in [3.8, 4) is 17.4 Å². The van der Waals surface area contributed by atoms with Crippen LogP contribution in [0.5, 0.6) is 6.01 Å². The molecule has 1 heterocycles. The molecule has 5 nitrogen and oxygen atoms in total. The Morgan fingerprint density at radius 3 is 2.56 bits per heavy atom. The van der Waals surface area contributed by atoms with E-state index in [1.807, 2.05) is 37.3 Å². The second kappa shape index (κ2) is 5.95. The molecule has 5 heteroatoms. The first-order chi connectivity index (χ1) is 8.83. The van der Waals surface area contributed by atoms with Gasteiger partial charge in [0.15, 0.2) is 5.82 Å². The van der Waals surface area contributed by atoms with Crippen molar-refractivity contribution in [3.63, 3.8) is 0 Å². The first kappa shape index (κ1) is 12.3. The summed E-state index contributed by atoms with van der Waals surface area (Å²) in [5.41, 5.74) is 0.942. The van der Waals surface area contributed by atoms with Crippen LogP contribution in [-0.2, 0) is 0 Å². The molecule has 18 heavy (non-hydrogen) atoms. The number of nitrogens with one attached hydrogen (secondary N) is 1. The third kappa shape index (κ3) is 2.94. The van der Waals surface area contributed by atoms with Crippen LogP contribution < -0.4 is 10.1 Å². The van der Waals surface area contributed by atoms with Crippen LogP contribution in [0, 0.1) is 0 Å². The molecule has 0 aliphatic carbocycles. The molecule has 0 spiro atoms. The number of hydrogen-bond acceptors (Lipinski definition) is 5. The van der Waals surface area contributed by atoms with Gasteiger partial charge in [-0.2, -0.15) is 15.0 Å². The van der Waals surface area contributed by atoms with E-state index in [2.05, 4.69) is 20.3 Å². The molecule has 0 radical (unpaired) electrons. The molecule has 0 aliphatic heterocycles. The van der Waals surface area contributed by atoms with E-state index >= 15 is 0 Å². The lowest BCUT2D eigenvalue weighted by atomic mass is 10.2.